The number of esters is 1. The summed E-state index contributed by atoms with van der Waals surface area (Å²) in [5.41, 5.74) is 5.77. The summed E-state index contributed by atoms with van der Waals surface area (Å²) in [6, 6.07) is 0. The van der Waals surface area contributed by atoms with E-state index < -0.39 is 0 Å². The number of nitrogens with one attached hydrogen (secondary N) is 1. The molecule has 2 saturated carbocycles. The topological polar surface area (TPSA) is 76.7 Å². The van der Waals surface area contributed by atoms with Gasteiger partial charge in [0.05, 0.1) is 0 Å². The number of hydrogen-bond donors (Lipinski definition) is 2. The van der Waals surface area contributed by atoms with E-state index in [1.807, 2.05) is 0 Å². The van der Waals surface area contributed by atoms with Gasteiger partial charge in [0, 0.05) is 19.5 Å². The van der Waals surface area contributed by atoms with E-state index in [-0.39, 0.29) is 12.1 Å². The van der Waals surface area contributed by atoms with Crippen molar-refractivity contribution >= 4 is 11.9 Å². The molecule has 0 amide bonds. The highest BCUT2D eigenvalue weighted by Crippen LogP contribution is 2.26. The van der Waals surface area contributed by atoms with E-state index in [0.717, 1.165) is 31.7 Å². The van der Waals surface area contributed by atoms with E-state index in [1.165, 1.54) is 32.1 Å². The predicted octanol–water partition coefficient (Wildman–Crippen LogP) is 1.96. The predicted molar refractivity (Wildman–Crippen MR) is 79.4 cm³/mol. The smallest absolute Gasteiger partial charge is 0.306 e. The number of guanidine groups is 1. The number of aliphatic imine (C=N–C) groups is 1. The minimum atomic E-state index is -0.0799. The first kappa shape index (κ1) is 15.1. The van der Waals surface area contributed by atoms with Crippen molar-refractivity contribution < 1.29 is 9.53 Å². The van der Waals surface area contributed by atoms with Crippen LogP contribution < -0.4 is 11.1 Å². The van der Waals surface area contributed by atoms with Crippen LogP contribution >= 0.6 is 0 Å². The van der Waals surface area contributed by atoms with E-state index in [4.69, 9.17) is 10.5 Å². The lowest BCUT2D eigenvalue weighted by molar-refractivity contribution is -0.148. The molecule has 0 saturated heterocycles. The highest BCUT2D eigenvalue weighted by atomic mass is 16.5. The van der Waals surface area contributed by atoms with Crippen molar-refractivity contribution in [1.29, 1.82) is 0 Å². The van der Waals surface area contributed by atoms with Gasteiger partial charge >= 0.3 is 5.97 Å². The van der Waals surface area contributed by atoms with Gasteiger partial charge in [-0.15, -0.1) is 0 Å². The van der Waals surface area contributed by atoms with Crippen molar-refractivity contribution in [2.24, 2.45) is 16.6 Å². The van der Waals surface area contributed by atoms with E-state index in [1.54, 1.807) is 0 Å². The molecule has 0 atom stereocenters. The Balaban J connectivity index is 1.48. The fraction of sp³-hybridized carbons (Fsp3) is 0.867. The maximum absolute atomic E-state index is 11.6. The number of rotatable bonds is 7. The number of hydrogen-bond acceptors (Lipinski definition) is 3. The van der Waals surface area contributed by atoms with E-state index >= 15 is 0 Å². The van der Waals surface area contributed by atoms with Gasteiger partial charge in [-0.05, 0) is 50.9 Å². The Labute approximate surface area is 121 Å². The van der Waals surface area contributed by atoms with Crippen molar-refractivity contribution in [3.63, 3.8) is 0 Å². The molecule has 0 aromatic heterocycles. The van der Waals surface area contributed by atoms with Crippen LogP contribution in [0.15, 0.2) is 4.99 Å². The highest BCUT2D eigenvalue weighted by molar-refractivity contribution is 5.77. The monoisotopic (exact) mass is 281 g/mol. The summed E-state index contributed by atoms with van der Waals surface area (Å²) in [6.07, 6.45) is 9.70. The zero-order chi connectivity index (χ0) is 14.2. The Morgan fingerprint density at radius 1 is 1.20 bits per heavy atom. The van der Waals surface area contributed by atoms with E-state index in [9.17, 15) is 4.79 Å². The molecule has 20 heavy (non-hydrogen) atoms. The van der Waals surface area contributed by atoms with Crippen LogP contribution in [-0.4, -0.2) is 31.1 Å². The second-order valence-electron chi connectivity index (χ2n) is 5.95. The first-order chi connectivity index (χ1) is 9.74. The summed E-state index contributed by atoms with van der Waals surface area (Å²) in [4.78, 5) is 15.9. The molecular weight excluding hydrogens is 254 g/mol. The van der Waals surface area contributed by atoms with Gasteiger partial charge in [-0.1, -0.05) is 6.42 Å². The maximum Gasteiger partial charge on any atom is 0.306 e. The van der Waals surface area contributed by atoms with Gasteiger partial charge in [0.1, 0.15) is 6.10 Å². The Morgan fingerprint density at radius 3 is 2.60 bits per heavy atom. The zero-order valence-corrected chi connectivity index (χ0v) is 12.3. The molecule has 0 radical (unpaired) electrons. The molecule has 5 heteroatoms. The number of carbonyl (C=O) groups is 1. The first-order valence-electron chi connectivity index (χ1n) is 7.97. The average molecular weight is 281 g/mol. The number of carbonyl (C=O) groups excluding carboxylic acids is 1. The molecule has 3 N–H and O–H groups in total. The quantitative estimate of drug-likeness (QED) is 0.324. The second kappa shape index (κ2) is 8.12. The molecule has 2 rings (SSSR count). The van der Waals surface area contributed by atoms with Gasteiger partial charge in [-0.3, -0.25) is 9.79 Å². The maximum atomic E-state index is 11.6. The summed E-state index contributed by atoms with van der Waals surface area (Å²) < 4.78 is 5.39. The van der Waals surface area contributed by atoms with Crippen LogP contribution in [0, 0.1) is 5.92 Å². The van der Waals surface area contributed by atoms with Crippen molar-refractivity contribution in [2.45, 2.75) is 63.9 Å². The van der Waals surface area contributed by atoms with Gasteiger partial charge in [0.15, 0.2) is 5.96 Å². The zero-order valence-electron chi connectivity index (χ0n) is 12.3. The number of ether oxygens (including phenoxy) is 1. The number of nitrogens with zero attached hydrogens (tertiary/aromatic N) is 1. The summed E-state index contributed by atoms with van der Waals surface area (Å²) in [5.74, 6) is 1.15. The summed E-state index contributed by atoms with van der Waals surface area (Å²) in [6.45, 7) is 1.52. The molecule has 5 nitrogen and oxygen atoms in total. The van der Waals surface area contributed by atoms with E-state index in [2.05, 4.69) is 10.3 Å². The Morgan fingerprint density at radius 2 is 1.95 bits per heavy atom. The molecule has 0 aromatic rings. The summed E-state index contributed by atoms with van der Waals surface area (Å²) >= 11 is 0. The molecule has 0 aromatic carbocycles. The Hall–Kier alpha value is -1.26. The SMILES string of the molecule is NC(=NCC1CCC1)NCCCC(=O)OC1CCCC1. The van der Waals surface area contributed by atoms with Gasteiger partial charge in [0.2, 0.25) is 0 Å². The highest BCUT2D eigenvalue weighted by Gasteiger charge is 2.19. The van der Waals surface area contributed by atoms with Crippen molar-refractivity contribution in [3.05, 3.63) is 0 Å². The van der Waals surface area contributed by atoms with Crippen molar-refractivity contribution in [2.75, 3.05) is 13.1 Å². The molecular formula is C15H27N3O2. The molecule has 0 aliphatic heterocycles. The van der Waals surface area contributed by atoms with Crippen LogP contribution in [0.25, 0.3) is 0 Å². The largest absolute Gasteiger partial charge is 0.462 e. The minimum absolute atomic E-state index is 0.0799. The molecule has 114 valence electrons. The van der Waals surface area contributed by atoms with Crippen LogP contribution in [0.1, 0.15) is 57.8 Å². The first-order valence-corrected chi connectivity index (χ1v) is 7.97. The number of nitrogens with two attached hydrogens (primary N) is 1. The average Bonchev–Trinajstić information content (AvgIpc) is 2.85. The Kier molecular flexibility index (Phi) is 6.15. The molecule has 2 fully saturated rings. The lowest BCUT2D eigenvalue weighted by Crippen LogP contribution is -2.33. The second-order valence-corrected chi connectivity index (χ2v) is 5.95. The van der Waals surface area contributed by atoms with Crippen LogP contribution in [0.3, 0.4) is 0 Å². The van der Waals surface area contributed by atoms with Crippen LogP contribution in [-0.2, 0) is 9.53 Å². The fourth-order valence-corrected chi connectivity index (χ4v) is 2.66. The van der Waals surface area contributed by atoms with Crippen molar-refractivity contribution in [3.8, 4) is 0 Å². The van der Waals surface area contributed by atoms with Crippen molar-refractivity contribution in [1.82, 2.24) is 5.32 Å². The summed E-state index contributed by atoms with van der Waals surface area (Å²) in [5, 5.41) is 3.06. The lowest BCUT2D eigenvalue weighted by atomic mass is 9.86. The Bertz CT molecular complexity index is 334. The van der Waals surface area contributed by atoms with Gasteiger partial charge in [0.25, 0.3) is 0 Å². The van der Waals surface area contributed by atoms with Gasteiger partial charge < -0.3 is 15.8 Å². The normalized spacial score (nSPS) is 20.7. The molecule has 0 bridgehead atoms. The third-order valence-corrected chi connectivity index (χ3v) is 4.21. The fourth-order valence-electron chi connectivity index (χ4n) is 2.66. The van der Waals surface area contributed by atoms with Crippen LogP contribution in [0.2, 0.25) is 0 Å². The minimum Gasteiger partial charge on any atom is -0.462 e. The van der Waals surface area contributed by atoms with Crippen LogP contribution in [0.4, 0.5) is 0 Å². The van der Waals surface area contributed by atoms with Crippen LogP contribution in [0.5, 0.6) is 0 Å². The van der Waals surface area contributed by atoms with Gasteiger partial charge in [-0.2, -0.15) is 0 Å². The molecule has 0 unspecified atom stereocenters. The lowest BCUT2D eigenvalue weighted by Gasteiger charge is -2.23. The molecule has 2 aliphatic carbocycles. The standard InChI is InChI=1S/C15H27N3O2/c16-15(18-11-12-5-3-6-12)17-10-4-9-14(19)20-13-7-1-2-8-13/h12-13H,1-11H2,(H3,16,17,18). The summed E-state index contributed by atoms with van der Waals surface area (Å²) in [7, 11) is 0. The molecule has 0 spiro atoms. The third kappa shape index (κ3) is 5.39. The van der Waals surface area contributed by atoms with Gasteiger partial charge in [-0.25, -0.2) is 0 Å². The third-order valence-electron chi connectivity index (χ3n) is 4.21. The molecule has 2 aliphatic rings. The van der Waals surface area contributed by atoms with E-state index in [0.29, 0.717) is 18.9 Å². The molecule has 0 heterocycles.